The maximum Gasteiger partial charge on any atom is 0.0973 e. The molecule has 0 saturated carbocycles. The summed E-state index contributed by atoms with van der Waals surface area (Å²) in [6, 6.07) is 56.2. The first kappa shape index (κ1) is 25.6. The first-order chi connectivity index (χ1) is 23.8. The summed E-state index contributed by atoms with van der Waals surface area (Å²) in [6.07, 6.45) is 0. The maximum atomic E-state index is 5.16. The van der Waals surface area contributed by atoms with E-state index in [1.807, 2.05) is 30.3 Å². The summed E-state index contributed by atoms with van der Waals surface area (Å²) >= 11 is 0. The molecule has 0 amide bonds. The fraction of sp³-hybridized carbons (Fsp3) is 0. The number of nitrogens with zero attached hydrogens (tertiary/aromatic N) is 4. The minimum Gasteiger partial charge on any atom is -0.309 e. The summed E-state index contributed by atoms with van der Waals surface area (Å²) in [5.74, 6) is 0. The summed E-state index contributed by atoms with van der Waals surface area (Å²) < 4.78 is 4.92. The largest absolute Gasteiger partial charge is 0.309 e. The van der Waals surface area contributed by atoms with Gasteiger partial charge in [0.25, 0.3) is 0 Å². The third-order valence-electron chi connectivity index (χ3n) is 10.0. The SMILES string of the molecule is c1ccc(-c2nc3ccccc3nc2-c2ccc(-n3c4ccccc4c4cc5c6ccccc6n6c7ccccc7c(c43)c56)cc2)cc1. The number of benzene rings is 7. The highest BCUT2D eigenvalue weighted by Crippen LogP contribution is 2.46. The maximum absolute atomic E-state index is 5.16. The van der Waals surface area contributed by atoms with Gasteiger partial charge in [-0.1, -0.05) is 109 Å². The molecule has 0 aliphatic carbocycles. The lowest BCUT2D eigenvalue weighted by atomic mass is 10.0. The van der Waals surface area contributed by atoms with Gasteiger partial charge >= 0.3 is 0 Å². The highest BCUT2D eigenvalue weighted by atomic mass is 15.0. The second kappa shape index (κ2) is 9.50. The number of fused-ring (bicyclic) bond motifs is 11. The number of para-hydroxylation sites is 5. The second-order valence-electron chi connectivity index (χ2n) is 12.6. The van der Waals surface area contributed by atoms with E-state index in [1.165, 1.54) is 59.9 Å². The number of rotatable bonds is 3. The van der Waals surface area contributed by atoms with Gasteiger partial charge in [-0.2, -0.15) is 0 Å². The van der Waals surface area contributed by atoms with E-state index in [9.17, 15) is 0 Å². The van der Waals surface area contributed by atoms with Crippen molar-refractivity contribution in [3.05, 3.63) is 158 Å². The van der Waals surface area contributed by atoms with Crippen molar-refractivity contribution in [2.75, 3.05) is 0 Å². The molecule has 0 N–H and O–H groups in total. The molecule has 11 aromatic rings. The van der Waals surface area contributed by atoms with Crippen molar-refractivity contribution in [3.8, 4) is 28.2 Å². The van der Waals surface area contributed by atoms with Crippen LogP contribution in [0.2, 0.25) is 0 Å². The van der Waals surface area contributed by atoms with E-state index in [1.54, 1.807) is 0 Å². The Morgan fingerprint density at radius 1 is 0.375 bits per heavy atom. The molecule has 222 valence electrons. The summed E-state index contributed by atoms with van der Waals surface area (Å²) in [5.41, 5.74) is 13.0. The third-order valence-corrected chi connectivity index (χ3v) is 10.0. The summed E-state index contributed by atoms with van der Waals surface area (Å²) in [5, 5.41) is 7.67. The van der Waals surface area contributed by atoms with Crippen LogP contribution in [0, 0.1) is 0 Å². The van der Waals surface area contributed by atoms with E-state index in [-0.39, 0.29) is 0 Å². The van der Waals surface area contributed by atoms with Crippen molar-refractivity contribution >= 4 is 70.9 Å². The molecule has 0 radical (unpaired) electrons. The van der Waals surface area contributed by atoms with Crippen LogP contribution in [0.5, 0.6) is 0 Å². The van der Waals surface area contributed by atoms with E-state index in [4.69, 9.17) is 9.97 Å². The van der Waals surface area contributed by atoms with Gasteiger partial charge in [-0.3, -0.25) is 0 Å². The van der Waals surface area contributed by atoms with Crippen molar-refractivity contribution in [2.24, 2.45) is 0 Å². The third kappa shape index (κ3) is 3.38. The quantitative estimate of drug-likeness (QED) is 0.199. The molecule has 7 aromatic carbocycles. The topological polar surface area (TPSA) is 35.1 Å². The zero-order valence-corrected chi connectivity index (χ0v) is 25.8. The van der Waals surface area contributed by atoms with Crippen LogP contribution in [0.3, 0.4) is 0 Å². The zero-order chi connectivity index (χ0) is 31.3. The molecule has 0 atom stereocenters. The molecule has 4 aromatic heterocycles. The number of aromatic nitrogens is 4. The van der Waals surface area contributed by atoms with Crippen LogP contribution in [0.1, 0.15) is 0 Å². The van der Waals surface area contributed by atoms with Crippen LogP contribution >= 0.6 is 0 Å². The second-order valence-corrected chi connectivity index (χ2v) is 12.6. The monoisotopic (exact) mass is 610 g/mol. The summed E-state index contributed by atoms with van der Waals surface area (Å²) in [7, 11) is 0. The van der Waals surface area contributed by atoms with Crippen LogP contribution in [0.15, 0.2) is 158 Å². The highest BCUT2D eigenvalue weighted by molar-refractivity contribution is 6.34. The molecule has 0 unspecified atom stereocenters. The number of hydrogen-bond donors (Lipinski definition) is 0. The van der Waals surface area contributed by atoms with Crippen molar-refractivity contribution in [1.29, 1.82) is 0 Å². The molecule has 4 heteroatoms. The van der Waals surface area contributed by atoms with E-state index in [2.05, 4.69) is 136 Å². The summed E-state index contributed by atoms with van der Waals surface area (Å²) in [6.45, 7) is 0. The van der Waals surface area contributed by atoms with Crippen molar-refractivity contribution in [2.45, 2.75) is 0 Å². The average molecular weight is 611 g/mol. The van der Waals surface area contributed by atoms with Gasteiger partial charge in [-0.25, -0.2) is 9.97 Å². The average Bonchev–Trinajstić information content (AvgIpc) is 3.79. The van der Waals surface area contributed by atoms with E-state index < -0.39 is 0 Å². The fourth-order valence-electron chi connectivity index (χ4n) is 7.99. The van der Waals surface area contributed by atoms with Gasteiger partial charge in [0, 0.05) is 49.1 Å². The van der Waals surface area contributed by atoms with Gasteiger partial charge in [0.2, 0.25) is 0 Å². The van der Waals surface area contributed by atoms with Crippen molar-refractivity contribution in [3.63, 3.8) is 0 Å². The molecule has 0 bridgehead atoms. The van der Waals surface area contributed by atoms with Crippen LogP contribution in [0.4, 0.5) is 0 Å². The molecule has 0 saturated heterocycles. The molecule has 0 spiro atoms. The van der Waals surface area contributed by atoms with E-state index >= 15 is 0 Å². The summed E-state index contributed by atoms with van der Waals surface area (Å²) in [4.78, 5) is 10.3. The molecule has 48 heavy (non-hydrogen) atoms. The molecular formula is C44H26N4. The Kier molecular flexibility index (Phi) is 5.08. The Morgan fingerprint density at radius 3 is 1.56 bits per heavy atom. The van der Waals surface area contributed by atoms with Crippen LogP contribution in [0.25, 0.3) is 99.1 Å². The van der Waals surface area contributed by atoms with Crippen molar-refractivity contribution in [1.82, 2.24) is 18.9 Å². The van der Waals surface area contributed by atoms with Crippen LogP contribution in [-0.2, 0) is 0 Å². The lowest BCUT2D eigenvalue weighted by molar-refractivity contribution is 1.19. The predicted octanol–water partition coefficient (Wildman–Crippen LogP) is 11.2. The van der Waals surface area contributed by atoms with Gasteiger partial charge in [0.1, 0.15) is 0 Å². The van der Waals surface area contributed by atoms with Gasteiger partial charge in [0.15, 0.2) is 0 Å². The predicted molar refractivity (Wildman–Crippen MR) is 199 cm³/mol. The molecule has 4 nitrogen and oxygen atoms in total. The molecule has 0 fully saturated rings. The fourth-order valence-corrected chi connectivity index (χ4v) is 7.99. The Morgan fingerprint density at radius 2 is 0.875 bits per heavy atom. The number of hydrogen-bond acceptors (Lipinski definition) is 2. The molecule has 11 rings (SSSR count). The van der Waals surface area contributed by atoms with Crippen LogP contribution in [-0.4, -0.2) is 18.9 Å². The van der Waals surface area contributed by atoms with Crippen LogP contribution < -0.4 is 0 Å². The first-order valence-corrected chi connectivity index (χ1v) is 16.4. The molecule has 0 aliphatic rings. The minimum atomic E-state index is 0.882. The normalized spacial score (nSPS) is 12.2. The highest BCUT2D eigenvalue weighted by Gasteiger charge is 2.24. The Labute approximate surface area is 275 Å². The Hall–Kier alpha value is -6.52. The van der Waals surface area contributed by atoms with E-state index in [0.717, 1.165) is 39.2 Å². The lowest BCUT2D eigenvalue weighted by Gasteiger charge is -2.13. The minimum absolute atomic E-state index is 0.882. The van der Waals surface area contributed by atoms with Gasteiger partial charge in [-0.15, -0.1) is 0 Å². The Balaban J connectivity index is 1.21. The van der Waals surface area contributed by atoms with Crippen molar-refractivity contribution < 1.29 is 0 Å². The molecule has 0 aliphatic heterocycles. The smallest absolute Gasteiger partial charge is 0.0973 e. The first-order valence-electron chi connectivity index (χ1n) is 16.4. The molecule has 4 heterocycles. The molecular weight excluding hydrogens is 585 g/mol. The zero-order valence-electron chi connectivity index (χ0n) is 25.8. The Bertz CT molecular complexity index is 3040. The standard InChI is InChI=1S/C44H26N4/c1-2-12-27(13-3-1)41-42(46-36-18-8-7-17-35(36)45-41)28-22-24-29(25-23-28)47-37-19-9-4-14-30(37)33-26-34-31-15-5-10-20-38(31)48-39-21-11-6-16-32(39)40(43(33)47)44(34)48/h1-26H. The van der Waals surface area contributed by atoms with Gasteiger partial charge < -0.3 is 8.97 Å². The lowest BCUT2D eigenvalue weighted by Crippen LogP contribution is -1.97. The van der Waals surface area contributed by atoms with E-state index in [0.29, 0.717) is 0 Å². The van der Waals surface area contributed by atoms with Gasteiger partial charge in [-0.05, 0) is 48.5 Å². The van der Waals surface area contributed by atoms with Gasteiger partial charge in [0.05, 0.1) is 50.0 Å².